The minimum Gasteiger partial charge on any atom is -0.361 e. The van der Waals surface area contributed by atoms with Gasteiger partial charge in [-0.2, -0.15) is 0 Å². The molecule has 0 amide bonds. The predicted octanol–water partition coefficient (Wildman–Crippen LogP) is 1.85. The molecule has 1 aliphatic heterocycles. The number of benzene rings is 1. The second kappa shape index (κ2) is 2.60. The quantitative estimate of drug-likeness (QED) is 0.675. The molecule has 0 radical (unpaired) electrons. The van der Waals surface area contributed by atoms with E-state index in [2.05, 4.69) is 34.6 Å². The fourth-order valence-electron chi connectivity index (χ4n) is 1.97. The largest absolute Gasteiger partial charge is 0.361 e. The lowest BCUT2D eigenvalue weighted by Crippen LogP contribution is -2.39. The summed E-state index contributed by atoms with van der Waals surface area (Å²) in [6.07, 6.45) is 2.01. The maximum absolute atomic E-state index is 3.31. The van der Waals surface area contributed by atoms with Gasteiger partial charge in [0.25, 0.3) is 0 Å². The smallest absolute Gasteiger partial charge is 0.0456 e. The van der Waals surface area contributed by atoms with Crippen LogP contribution in [0.3, 0.4) is 0 Å². The highest BCUT2D eigenvalue weighted by Crippen LogP contribution is 2.27. The van der Waals surface area contributed by atoms with Crippen molar-refractivity contribution in [2.75, 3.05) is 13.1 Å². The Kier molecular flexibility index (Phi) is 1.43. The highest BCUT2D eigenvalue weighted by molar-refractivity contribution is 5.83. The average Bonchev–Trinajstić information content (AvgIpc) is 2.49. The molecule has 1 fully saturated rings. The van der Waals surface area contributed by atoms with Gasteiger partial charge in [-0.3, -0.25) is 0 Å². The summed E-state index contributed by atoms with van der Waals surface area (Å²) in [7, 11) is 0. The van der Waals surface area contributed by atoms with E-state index in [-0.39, 0.29) is 0 Å². The molecule has 2 N–H and O–H groups in total. The highest BCUT2D eigenvalue weighted by Gasteiger charge is 2.20. The Morgan fingerprint density at radius 3 is 2.85 bits per heavy atom. The maximum atomic E-state index is 3.31. The van der Waals surface area contributed by atoms with Crippen molar-refractivity contribution in [1.82, 2.24) is 10.3 Å². The lowest BCUT2D eigenvalue weighted by Gasteiger charge is -2.28. The highest BCUT2D eigenvalue weighted by atomic mass is 14.9. The van der Waals surface area contributed by atoms with Crippen LogP contribution >= 0.6 is 0 Å². The van der Waals surface area contributed by atoms with E-state index >= 15 is 0 Å². The van der Waals surface area contributed by atoms with E-state index in [1.165, 1.54) is 16.5 Å². The van der Waals surface area contributed by atoms with Crippen LogP contribution in [0.4, 0.5) is 0 Å². The molecule has 1 aromatic carbocycles. The summed E-state index contributed by atoms with van der Waals surface area (Å²) < 4.78 is 0. The third-order valence-electron chi connectivity index (χ3n) is 2.85. The van der Waals surface area contributed by atoms with Gasteiger partial charge in [0.2, 0.25) is 0 Å². The Hall–Kier alpha value is -1.28. The zero-order chi connectivity index (χ0) is 8.67. The Labute approximate surface area is 77.0 Å². The van der Waals surface area contributed by atoms with Crippen molar-refractivity contribution in [1.29, 1.82) is 0 Å². The van der Waals surface area contributed by atoms with Gasteiger partial charge in [-0.1, -0.05) is 12.1 Å². The molecule has 1 aliphatic rings. The first kappa shape index (κ1) is 7.15. The van der Waals surface area contributed by atoms with Gasteiger partial charge in [0.15, 0.2) is 0 Å². The van der Waals surface area contributed by atoms with Crippen molar-refractivity contribution in [3.63, 3.8) is 0 Å². The molecule has 66 valence electrons. The lowest BCUT2D eigenvalue weighted by atomic mass is 9.91. The van der Waals surface area contributed by atoms with E-state index in [0.29, 0.717) is 0 Å². The van der Waals surface area contributed by atoms with E-state index < -0.39 is 0 Å². The predicted molar refractivity (Wildman–Crippen MR) is 53.9 cm³/mol. The van der Waals surface area contributed by atoms with Crippen molar-refractivity contribution >= 4 is 10.9 Å². The van der Waals surface area contributed by atoms with E-state index in [1.807, 2.05) is 6.20 Å². The minimum absolute atomic E-state index is 0.722. The Morgan fingerprint density at radius 2 is 2.08 bits per heavy atom. The van der Waals surface area contributed by atoms with Crippen LogP contribution < -0.4 is 5.32 Å². The third-order valence-corrected chi connectivity index (χ3v) is 2.85. The van der Waals surface area contributed by atoms with Crippen molar-refractivity contribution in [2.45, 2.75) is 5.92 Å². The molecule has 1 saturated heterocycles. The molecule has 2 nitrogen and oxygen atoms in total. The normalized spacial score (nSPS) is 17.5. The number of hydrogen-bond donors (Lipinski definition) is 2. The van der Waals surface area contributed by atoms with Gasteiger partial charge >= 0.3 is 0 Å². The number of aromatic nitrogens is 1. The molecule has 0 saturated carbocycles. The number of aromatic amines is 1. The standard InChI is InChI=1S/C11H12N2/c1-2-9(8-6-12-7-8)10-4-5-13-11(10)3-1/h1-5,8,12-13H,6-7H2. The summed E-state index contributed by atoms with van der Waals surface area (Å²) in [5, 5.41) is 4.69. The summed E-state index contributed by atoms with van der Waals surface area (Å²) in [6, 6.07) is 8.67. The fourth-order valence-corrected chi connectivity index (χ4v) is 1.97. The van der Waals surface area contributed by atoms with Gasteiger partial charge in [-0.15, -0.1) is 0 Å². The summed E-state index contributed by atoms with van der Waals surface area (Å²) in [5.41, 5.74) is 2.74. The monoisotopic (exact) mass is 172 g/mol. The summed E-state index contributed by atoms with van der Waals surface area (Å²) >= 11 is 0. The van der Waals surface area contributed by atoms with Crippen LogP contribution in [0.1, 0.15) is 11.5 Å². The van der Waals surface area contributed by atoms with E-state index in [4.69, 9.17) is 0 Å². The number of nitrogens with one attached hydrogen (secondary N) is 2. The summed E-state index contributed by atoms with van der Waals surface area (Å²) in [6.45, 7) is 2.26. The SMILES string of the molecule is c1cc(C2CNC2)c2cc[nH]c2c1. The van der Waals surface area contributed by atoms with Crippen LogP contribution in [0.2, 0.25) is 0 Å². The molecule has 0 unspecified atom stereocenters. The maximum Gasteiger partial charge on any atom is 0.0456 e. The third kappa shape index (κ3) is 0.988. The molecule has 2 heteroatoms. The van der Waals surface area contributed by atoms with Crippen LogP contribution in [-0.2, 0) is 0 Å². The van der Waals surface area contributed by atoms with E-state index in [0.717, 1.165) is 19.0 Å². The Bertz CT molecular complexity index is 426. The zero-order valence-corrected chi connectivity index (χ0v) is 7.38. The van der Waals surface area contributed by atoms with Crippen LogP contribution in [0, 0.1) is 0 Å². The van der Waals surface area contributed by atoms with Crippen molar-refractivity contribution in [2.24, 2.45) is 0 Å². The van der Waals surface area contributed by atoms with Crippen molar-refractivity contribution < 1.29 is 0 Å². The number of hydrogen-bond acceptors (Lipinski definition) is 1. The molecular weight excluding hydrogens is 160 g/mol. The van der Waals surface area contributed by atoms with Crippen LogP contribution in [0.25, 0.3) is 10.9 Å². The first-order chi connectivity index (χ1) is 6.45. The molecule has 0 spiro atoms. The van der Waals surface area contributed by atoms with E-state index in [9.17, 15) is 0 Å². The molecule has 0 atom stereocenters. The van der Waals surface area contributed by atoms with Gasteiger partial charge in [0.1, 0.15) is 0 Å². The van der Waals surface area contributed by atoms with Gasteiger partial charge in [-0.25, -0.2) is 0 Å². The van der Waals surface area contributed by atoms with Crippen molar-refractivity contribution in [3.05, 3.63) is 36.0 Å². The fraction of sp³-hybridized carbons (Fsp3) is 0.273. The average molecular weight is 172 g/mol. The molecule has 1 aromatic heterocycles. The first-order valence-corrected chi connectivity index (χ1v) is 4.72. The zero-order valence-electron chi connectivity index (χ0n) is 7.38. The van der Waals surface area contributed by atoms with Gasteiger partial charge in [-0.05, 0) is 17.7 Å². The summed E-state index contributed by atoms with van der Waals surface area (Å²) in [4.78, 5) is 3.24. The second-order valence-corrected chi connectivity index (χ2v) is 3.64. The number of fused-ring (bicyclic) bond motifs is 1. The first-order valence-electron chi connectivity index (χ1n) is 4.72. The molecule has 0 aliphatic carbocycles. The second-order valence-electron chi connectivity index (χ2n) is 3.64. The van der Waals surface area contributed by atoms with Gasteiger partial charge < -0.3 is 10.3 Å². The van der Waals surface area contributed by atoms with Gasteiger partial charge in [0.05, 0.1) is 0 Å². The minimum atomic E-state index is 0.722. The molecule has 13 heavy (non-hydrogen) atoms. The summed E-state index contributed by atoms with van der Waals surface area (Å²) in [5.74, 6) is 0.722. The lowest BCUT2D eigenvalue weighted by molar-refractivity contribution is 0.451. The molecule has 0 bridgehead atoms. The van der Waals surface area contributed by atoms with Crippen LogP contribution in [0.15, 0.2) is 30.5 Å². The number of rotatable bonds is 1. The Balaban J connectivity index is 2.20. The van der Waals surface area contributed by atoms with Crippen LogP contribution in [-0.4, -0.2) is 18.1 Å². The van der Waals surface area contributed by atoms with E-state index in [1.54, 1.807) is 0 Å². The van der Waals surface area contributed by atoms with Gasteiger partial charge in [0, 0.05) is 36.1 Å². The molecule has 2 heterocycles. The Morgan fingerprint density at radius 1 is 1.15 bits per heavy atom. The topological polar surface area (TPSA) is 27.8 Å². The molecule has 3 rings (SSSR count). The van der Waals surface area contributed by atoms with Crippen molar-refractivity contribution in [3.8, 4) is 0 Å². The molecule has 2 aromatic rings. The molecular formula is C11H12N2. The number of H-pyrrole nitrogens is 1. The van der Waals surface area contributed by atoms with Crippen LogP contribution in [0.5, 0.6) is 0 Å².